The fourth-order valence-corrected chi connectivity index (χ4v) is 3.40. The number of aryl methyl sites for hydroxylation is 1. The van der Waals surface area contributed by atoms with Gasteiger partial charge in [-0.2, -0.15) is 0 Å². The van der Waals surface area contributed by atoms with Crippen molar-refractivity contribution in [3.63, 3.8) is 0 Å². The Morgan fingerprint density at radius 3 is 2.75 bits per heavy atom. The molecule has 0 saturated carbocycles. The highest BCUT2D eigenvalue weighted by Crippen LogP contribution is 2.26. The molecule has 2 aromatic heterocycles. The second kappa shape index (κ2) is 7.35. The first-order valence-corrected chi connectivity index (χ1v) is 9.42. The number of benzene rings is 1. The maximum Gasteiger partial charge on any atom is 0.260 e. The summed E-state index contributed by atoms with van der Waals surface area (Å²) in [5, 5.41) is 3.53. The Kier molecular flexibility index (Phi) is 5.20. The van der Waals surface area contributed by atoms with E-state index in [4.69, 9.17) is 4.42 Å². The molecule has 0 aliphatic carbocycles. The molecule has 0 aliphatic heterocycles. The summed E-state index contributed by atoms with van der Waals surface area (Å²) in [6.45, 7) is 1.80. The highest BCUT2D eigenvalue weighted by Gasteiger charge is 2.20. The van der Waals surface area contributed by atoms with Gasteiger partial charge in [-0.05, 0) is 66.1 Å². The van der Waals surface area contributed by atoms with Gasteiger partial charge in [0.1, 0.15) is 5.03 Å². The van der Waals surface area contributed by atoms with E-state index in [2.05, 4.69) is 37.9 Å². The minimum Gasteiger partial charge on any atom is -0.461 e. The maximum atomic E-state index is 12.7. The lowest BCUT2D eigenvalue weighted by Gasteiger charge is -2.11. The van der Waals surface area contributed by atoms with Crippen LogP contribution in [0.2, 0.25) is 0 Å². The molecule has 1 amide bonds. The van der Waals surface area contributed by atoms with Crippen LogP contribution in [0.3, 0.4) is 0 Å². The molecule has 0 aliphatic rings. The highest BCUT2D eigenvalue weighted by atomic mass is 127. The average molecular weight is 451 g/mol. The van der Waals surface area contributed by atoms with Crippen LogP contribution in [0.25, 0.3) is 11.6 Å². The molecule has 0 fully saturated rings. The molecule has 5 nitrogen and oxygen atoms in total. The summed E-state index contributed by atoms with van der Waals surface area (Å²) in [4.78, 5) is 21.6. The van der Waals surface area contributed by atoms with E-state index in [9.17, 15) is 4.79 Å². The average Bonchev–Trinajstić information content (AvgIpc) is 3.08. The van der Waals surface area contributed by atoms with Crippen molar-refractivity contribution >= 4 is 45.9 Å². The third-order valence-electron chi connectivity index (χ3n) is 3.30. The zero-order chi connectivity index (χ0) is 17.1. The summed E-state index contributed by atoms with van der Waals surface area (Å²) < 4.78 is 6.40. The zero-order valence-corrected chi connectivity index (χ0v) is 16.0. The lowest BCUT2D eigenvalue weighted by molar-refractivity contribution is 0.102. The largest absolute Gasteiger partial charge is 0.461 e. The van der Waals surface area contributed by atoms with Gasteiger partial charge in [-0.25, -0.2) is 9.97 Å². The van der Waals surface area contributed by atoms with Gasteiger partial charge in [0.2, 0.25) is 0 Å². The quantitative estimate of drug-likeness (QED) is 0.356. The van der Waals surface area contributed by atoms with Crippen LogP contribution in [0.5, 0.6) is 0 Å². The van der Waals surface area contributed by atoms with Crippen LogP contribution >= 0.6 is 34.4 Å². The van der Waals surface area contributed by atoms with E-state index >= 15 is 0 Å². The number of hydrogen-bond donors (Lipinski definition) is 1. The number of rotatable bonds is 4. The van der Waals surface area contributed by atoms with Gasteiger partial charge >= 0.3 is 0 Å². The Morgan fingerprint density at radius 1 is 1.25 bits per heavy atom. The molecule has 122 valence electrons. The van der Waals surface area contributed by atoms with Gasteiger partial charge in [0.25, 0.3) is 5.91 Å². The van der Waals surface area contributed by atoms with Gasteiger partial charge in [-0.1, -0.05) is 6.07 Å². The van der Waals surface area contributed by atoms with Gasteiger partial charge < -0.3 is 9.73 Å². The van der Waals surface area contributed by atoms with Crippen LogP contribution in [-0.4, -0.2) is 22.1 Å². The van der Waals surface area contributed by atoms with Gasteiger partial charge in [0, 0.05) is 9.26 Å². The lowest BCUT2D eigenvalue weighted by atomic mass is 10.2. The van der Waals surface area contributed by atoms with Gasteiger partial charge in [0.15, 0.2) is 11.6 Å². The number of thioether (sulfide) groups is 1. The Bertz CT molecular complexity index is 882. The number of furan rings is 1. The summed E-state index contributed by atoms with van der Waals surface area (Å²) in [7, 11) is 0. The van der Waals surface area contributed by atoms with Crippen molar-refractivity contribution in [3.05, 3.63) is 57.5 Å². The summed E-state index contributed by atoms with van der Waals surface area (Å²) in [5.74, 6) is 0.843. The first-order valence-electron chi connectivity index (χ1n) is 7.12. The molecule has 0 saturated heterocycles. The Hall–Kier alpha value is -1.87. The molecule has 1 N–H and O–H groups in total. The molecule has 3 aromatic rings. The standard InChI is InChI=1S/C17H14IN3O2S/c1-10-14(16(22)20-12-6-3-5-11(18)9-12)17(24-2)21-15(19-10)13-7-4-8-23-13/h3-9H,1-2H3,(H,20,22). The number of nitrogens with zero attached hydrogens (tertiary/aromatic N) is 2. The van der Waals surface area contributed by atoms with E-state index in [1.54, 1.807) is 25.3 Å². The Balaban J connectivity index is 1.96. The molecule has 0 unspecified atom stereocenters. The molecule has 0 atom stereocenters. The molecule has 3 rings (SSSR count). The van der Waals surface area contributed by atoms with Crippen LogP contribution in [0.1, 0.15) is 16.1 Å². The predicted molar refractivity (Wildman–Crippen MR) is 103 cm³/mol. The number of halogens is 1. The van der Waals surface area contributed by atoms with Crippen LogP contribution in [-0.2, 0) is 0 Å². The van der Waals surface area contributed by atoms with Gasteiger partial charge in [-0.15, -0.1) is 11.8 Å². The fraction of sp³-hybridized carbons (Fsp3) is 0.118. The summed E-state index contributed by atoms with van der Waals surface area (Å²) in [6, 6.07) is 11.2. The van der Waals surface area contributed by atoms with E-state index in [0.29, 0.717) is 27.9 Å². The maximum absolute atomic E-state index is 12.7. The number of carbonyl (C=O) groups excluding carboxylic acids is 1. The minimum atomic E-state index is -0.218. The number of hydrogen-bond acceptors (Lipinski definition) is 5. The second-order valence-corrected chi connectivity index (χ2v) is 7.00. The lowest BCUT2D eigenvalue weighted by Crippen LogP contribution is -2.17. The number of nitrogens with one attached hydrogen (secondary N) is 1. The van der Waals surface area contributed by atoms with Crippen molar-refractivity contribution in [1.29, 1.82) is 0 Å². The monoisotopic (exact) mass is 451 g/mol. The number of anilines is 1. The second-order valence-electron chi connectivity index (χ2n) is 4.96. The third-order valence-corrected chi connectivity index (χ3v) is 4.65. The van der Waals surface area contributed by atoms with Crippen molar-refractivity contribution < 1.29 is 9.21 Å². The van der Waals surface area contributed by atoms with E-state index in [1.165, 1.54) is 11.8 Å². The molecule has 0 spiro atoms. The predicted octanol–water partition coefficient (Wildman–Crippen LogP) is 4.62. The Labute approximate surface area is 157 Å². The first-order chi connectivity index (χ1) is 11.6. The highest BCUT2D eigenvalue weighted by molar-refractivity contribution is 14.1. The van der Waals surface area contributed by atoms with E-state index in [-0.39, 0.29) is 5.91 Å². The minimum absolute atomic E-state index is 0.218. The number of amides is 1. The van der Waals surface area contributed by atoms with Crippen molar-refractivity contribution in [2.24, 2.45) is 0 Å². The normalized spacial score (nSPS) is 10.6. The summed E-state index contributed by atoms with van der Waals surface area (Å²) in [6.07, 6.45) is 3.46. The van der Waals surface area contributed by atoms with Gasteiger partial charge in [0.05, 0.1) is 17.5 Å². The zero-order valence-electron chi connectivity index (χ0n) is 13.0. The van der Waals surface area contributed by atoms with Crippen molar-refractivity contribution in [1.82, 2.24) is 9.97 Å². The van der Waals surface area contributed by atoms with Crippen molar-refractivity contribution in [2.75, 3.05) is 11.6 Å². The van der Waals surface area contributed by atoms with Crippen LogP contribution in [0.4, 0.5) is 5.69 Å². The first kappa shape index (κ1) is 17.0. The molecular weight excluding hydrogens is 437 g/mol. The van der Waals surface area contributed by atoms with Gasteiger partial charge in [-0.3, -0.25) is 4.79 Å². The van der Waals surface area contributed by atoms with Crippen molar-refractivity contribution in [2.45, 2.75) is 11.9 Å². The van der Waals surface area contributed by atoms with E-state index in [1.807, 2.05) is 30.5 Å². The van der Waals surface area contributed by atoms with E-state index in [0.717, 1.165) is 9.26 Å². The topological polar surface area (TPSA) is 68.0 Å². The van der Waals surface area contributed by atoms with E-state index < -0.39 is 0 Å². The molecule has 0 radical (unpaired) electrons. The Morgan fingerprint density at radius 2 is 2.08 bits per heavy atom. The molecule has 24 heavy (non-hydrogen) atoms. The third kappa shape index (κ3) is 3.62. The molecule has 7 heteroatoms. The van der Waals surface area contributed by atoms with Crippen LogP contribution in [0.15, 0.2) is 52.1 Å². The fourth-order valence-electron chi connectivity index (χ4n) is 2.23. The van der Waals surface area contributed by atoms with Crippen LogP contribution < -0.4 is 5.32 Å². The molecule has 1 aromatic carbocycles. The SMILES string of the molecule is CSc1nc(-c2ccco2)nc(C)c1C(=O)Nc1cccc(I)c1. The molecule has 2 heterocycles. The number of aromatic nitrogens is 2. The van der Waals surface area contributed by atoms with Crippen LogP contribution in [0, 0.1) is 10.5 Å². The van der Waals surface area contributed by atoms with Crippen molar-refractivity contribution in [3.8, 4) is 11.6 Å². The smallest absolute Gasteiger partial charge is 0.260 e. The molecular formula is C17H14IN3O2S. The summed E-state index contributed by atoms with van der Waals surface area (Å²) in [5.41, 5.74) is 1.84. The summed E-state index contributed by atoms with van der Waals surface area (Å²) >= 11 is 3.62. The number of carbonyl (C=O) groups is 1. The molecule has 0 bridgehead atoms.